The smallest absolute Gasteiger partial charge is 1.00 e. The van der Waals surface area contributed by atoms with E-state index in [1.54, 1.807) is 51.1 Å². The standard InChI is InChI=1S/C25H36N4O9.Li.H/c1-5-15-36-22(33)26-13-11-18(29-24(35)37-16-17-9-7-6-8-10-17)20(30)28-19(21(31)32)12-14-27-23(34)38-25(2,3)4;;/h5-10,18-19H,1,11-16H2,2-4H3,(H,26,33)(H,27,34)(H,28,30)(H,29,35)(H,31,32);;/q;+1;-1/t18-,19-;;/m0../s1. The molecule has 0 aliphatic heterocycles. The van der Waals surface area contributed by atoms with Crippen LogP contribution in [0.1, 0.15) is 40.6 Å². The van der Waals surface area contributed by atoms with E-state index < -0.39 is 47.8 Å². The summed E-state index contributed by atoms with van der Waals surface area (Å²) in [6.45, 7) is 8.22. The Balaban J connectivity index is 0. The third kappa shape index (κ3) is 16.7. The van der Waals surface area contributed by atoms with Crippen molar-refractivity contribution in [3.63, 3.8) is 0 Å². The Morgan fingerprint density at radius 3 is 2.08 bits per heavy atom. The number of nitrogens with one attached hydrogen (secondary N) is 4. The molecule has 0 saturated heterocycles. The average molecular weight is 545 g/mol. The number of carbonyl (C=O) groups excluding carboxylic acids is 4. The second-order valence-electron chi connectivity index (χ2n) is 8.98. The SMILES string of the molecule is C=CCOC(=O)NCC[C@H](NC(=O)OCc1ccccc1)C(=O)N[C@@H](CCNC(=O)OC(C)(C)C)C(=O)O.[H-].[Li+]. The molecule has 1 aromatic rings. The van der Waals surface area contributed by atoms with Gasteiger partial charge in [0.05, 0.1) is 0 Å². The van der Waals surface area contributed by atoms with E-state index in [2.05, 4.69) is 27.8 Å². The van der Waals surface area contributed by atoms with E-state index in [1.165, 1.54) is 6.08 Å². The van der Waals surface area contributed by atoms with Crippen LogP contribution in [0.3, 0.4) is 0 Å². The Bertz CT molecular complexity index is 961. The largest absolute Gasteiger partial charge is 1.00 e. The molecule has 0 spiro atoms. The van der Waals surface area contributed by atoms with E-state index in [4.69, 9.17) is 14.2 Å². The molecule has 0 heterocycles. The van der Waals surface area contributed by atoms with Gasteiger partial charge in [-0.3, -0.25) is 4.79 Å². The molecule has 2 atom stereocenters. The van der Waals surface area contributed by atoms with Crippen LogP contribution in [0.2, 0.25) is 0 Å². The fourth-order valence-electron chi connectivity index (χ4n) is 2.84. The molecule has 13 nitrogen and oxygen atoms in total. The van der Waals surface area contributed by atoms with Gasteiger partial charge in [-0.25, -0.2) is 19.2 Å². The average Bonchev–Trinajstić information content (AvgIpc) is 2.84. The molecule has 4 amide bonds. The number of aliphatic carboxylic acids is 1. The Kier molecular flexibility index (Phi) is 16.8. The molecule has 0 radical (unpaired) electrons. The summed E-state index contributed by atoms with van der Waals surface area (Å²) in [7, 11) is 0. The van der Waals surface area contributed by atoms with Gasteiger partial charge in [-0.15, -0.1) is 0 Å². The van der Waals surface area contributed by atoms with E-state index in [9.17, 15) is 29.1 Å². The predicted molar refractivity (Wildman–Crippen MR) is 137 cm³/mol. The fourth-order valence-corrected chi connectivity index (χ4v) is 2.84. The van der Waals surface area contributed by atoms with Gasteiger partial charge in [0.25, 0.3) is 0 Å². The zero-order chi connectivity index (χ0) is 28.6. The van der Waals surface area contributed by atoms with Gasteiger partial charge < -0.3 is 42.0 Å². The van der Waals surface area contributed by atoms with Crippen molar-refractivity contribution in [2.75, 3.05) is 19.7 Å². The Hall–Kier alpha value is -3.69. The van der Waals surface area contributed by atoms with Gasteiger partial charge in [-0.1, -0.05) is 43.0 Å². The normalized spacial score (nSPS) is 11.9. The molecule has 5 N–H and O–H groups in total. The van der Waals surface area contributed by atoms with Crippen molar-refractivity contribution in [1.29, 1.82) is 0 Å². The minimum atomic E-state index is -1.38. The number of rotatable bonds is 14. The third-order valence-electron chi connectivity index (χ3n) is 4.57. The van der Waals surface area contributed by atoms with Crippen molar-refractivity contribution in [2.45, 2.75) is 57.9 Å². The van der Waals surface area contributed by atoms with Crippen LogP contribution in [0.25, 0.3) is 0 Å². The molecule has 0 saturated carbocycles. The number of carbonyl (C=O) groups is 5. The van der Waals surface area contributed by atoms with Crippen molar-refractivity contribution in [3.8, 4) is 0 Å². The van der Waals surface area contributed by atoms with Gasteiger partial charge in [0.15, 0.2) is 0 Å². The number of hydrogen-bond acceptors (Lipinski definition) is 8. The Labute approximate surface area is 241 Å². The van der Waals surface area contributed by atoms with Crippen molar-refractivity contribution in [1.82, 2.24) is 21.3 Å². The summed E-state index contributed by atoms with van der Waals surface area (Å²) in [6, 6.07) is 6.21. The Morgan fingerprint density at radius 1 is 0.923 bits per heavy atom. The molecule has 39 heavy (non-hydrogen) atoms. The van der Waals surface area contributed by atoms with Gasteiger partial charge in [0, 0.05) is 13.1 Å². The summed E-state index contributed by atoms with van der Waals surface area (Å²) in [5, 5.41) is 19.1. The van der Waals surface area contributed by atoms with Gasteiger partial charge in [0.2, 0.25) is 5.91 Å². The van der Waals surface area contributed by atoms with Crippen molar-refractivity contribution in [2.24, 2.45) is 0 Å². The second-order valence-corrected chi connectivity index (χ2v) is 8.98. The molecule has 212 valence electrons. The van der Waals surface area contributed by atoms with Gasteiger partial charge in [0.1, 0.15) is 30.9 Å². The Morgan fingerprint density at radius 2 is 1.51 bits per heavy atom. The van der Waals surface area contributed by atoms with Gasteiger partial charge >= 0.3 is 43.1 Å². The van der Waals surface area contributed by atoms with E-state index in [-0.39, 0.29) is 59.4 Å². The van der Waals surface area contributed by atoms with E-state index in [0.29, 0.717) is 0 Å². The van der Waals surface area contributed by atoms with E-state index >= 15 is 0 Å². The minimum absolute atomic E-state index is 0. The minimum Gasteiger partial charge on any atom is -1.00 e. The van der Waals surface area contributed by atoms with Crippen LogP contribution >= 0.6 is 0 Å². The summed E-state index contributed by atoms with van der Waals surface area (Å²) in [5.41, 5.74) is -0.0105. The van der Waals surface area contributed by atoms with Crippen LogP contribution in [0.15, 0.2) is 43.0 Å². The second kappa shape index (κ2) is 18.5. The summed E-state index contributed by atoms with van der Waals surface area (Å²) in [4.78, 5) is 60.3. The zero-order valence-corrected chi connectivity index (χ0v) is 22.8. The first-order chi connectivity index (χ1) is 17.9. The van der Waals surface area contributed by atoms with Crippen molar-refractivity contribution < 1.29 is 63.6 Å². The maximum Gasteiger partial charge on any atom is 1.00 e. The summed E-state index contributed by atoms with van der Waals surface area (Å²) in [6.07, 6.45) is -1.28. The van der Waals surface area contributed by atoms with Crippen molar-refractivity contribution in [3.05, 3.63) is 48.6 Å². The summed E-state index contributed by atoms with van der Waals surface area (Å²) >= 11 is 0. The van der Waals surface area contributed by atoms with Crippen LogP contribution < -0.4 is 40.1 Å². The topological polar surface area (TPSA) is 181 Å². The quantitative estimate of drug-likeness (QED) is 0.114. The number of alkyl carbamates (subject to hydrolysis) is 3. The summed E-state index contributed by atoms with van der Waals surface area (Å²) in [5.74, 6) is -2.17. The zero-order valence-electron chi connectivity index (χ0n) is 23.8. The molecular formula is C25H37LiN4O9. The first kappa shape index (κ1) is 35.3. The number of hydrogen-bond donors (Lipinski definition) is 5. The number of ether oxygens (including phenoxy) is 3. The van der Waals surface area contributed by atoms with Crippen LogP contribution in [0, 0.1) is 0 Å². The fraction of sp³-hybridized carbons (Fsp3) is 0.480. The third-order valence-corrected chi connectivity index (χ3v) is 4.57. The molecule has 1 aromatic carbocycles. The van der Waals surface area contributed by atoms with E-state index in [0.717, 1.165) is 5.56 Å². The molecule has 0 aliphatic rings. The molecule has 1 rings (SSSR count). The maximum absolute atomic E-state index is 12.9. The molecule has 14 heteroatoms. The van der Waals surface area contributed by atoms with Crippen LogP contribution in [0.5, 0.6) is 0 Å². The molecule has 0 bridgehead atoms. The van der Waals surface area contributed by atoms with Gasteiger partial charge in [-0.05, 0) is 39.2 Å². The predicted octanol–water partition coefficient (Wildman–Crippen LogP) is -0.816. The van der Waals surface area contributed by atoms with Crippen molar-refractivity contribution >= 4 is 30.2 Å². The van der Waals surface area contributed by atoms with E-state index in [1.807, 2.05) is 0 Å². The first-order valence-corrected chi connectivity index (χ1v) is 11.9. The molecule has 0 fully saturated rings. The molecule has 0 aliphatic carbocycles. The first-order valence-electron chi connectivity index (χ1n) is 11.9. The van der Waals surface area contributed by atoms with Crippen LogP contribution in [-0.4, -0.2) is 72.6 Å². The molecule has 0 aromatic heterocycles. The summed E-state index contributed by atoms with van der Waals surface area (Å²) < 4.78 is 15.0. The van der Waals surface area contributed by atoms with Crippen LogP contribution in [-0.2, 0) is 30.4 Å². The molecule has 0 unspecified atom stereocenters. The molecular weight excluding hydrogens is 507 g/mol. The number of benzene rings is 1. The number of carboxylic acid groups (broad SMARTS) is 1. The number of carboxylic acids is 1. The maximum atomic E-state index is 12.9. The monoisotopic (exact) mass is 544 g/mol. The van der Waals surface area contributed by atoms with Gasteiger partial charge in [-0.2, -0.15) is 0 Å². The number of amides is 4. The van der Waals surface area contributed by atoms with Crippen LogP contribution in [0.4, 0.5) is 14.4 Å².